The number of rotatable bonds is 8. The minimum atomic E-state index is -0.219. The van der Waals surface area contributed by atoms with Crippen LogP contribution in [0.25, 0.3) is 0 Å². The van der Waals surface area contributed by atoms with Gasteiger partial charge >= 0.3 is 0 Å². The summed E-state index contributed by atoms with van der Waals surface area (Å²) in [5, 5.41) is 2.64. The summed E-state index contributed by atoms with van der Waals surface area (Å²) in [6.07, 6.45) is 2.34. The van der Waals surface area contributed by atoms with Gasteiger partial charge in [0.05, 0.1) is 11.6 Å². The Kier molecular flexibility index (Phi) is 7.25. The van der Waals surface area contributed by atoms with E-state index in [1.54, 1.807) is 13.2 Å². The van der Waals surface area contributed by atoms with Crippen molar-refractivity contribution >= 4 is 21.8 Å². The predicted octanol–water partition coefficient (Wildman–Crippen LogP) is 2.03. The quantitative estimate of drug-likeness (QED) is 0.699. The number of hydrogen-bond acceptors (Lipinski definition) is 4. The van der Waals surface area contributed by atoms with E-state index in [4.69, 9.17) is 15.2 Å². The molecule has 0 aliphatic carbocycles. The number of halogens is 1. The maximum atomic E-state index is 11.5. The number of hydrogen-bond donors (Lipinski definition) is 2. The van der Waals surface area contributed by atoms with Crippen molar-refractivity contribution in [2.24, 2.45) is 5.73 Å². The number of nitrogens with one attached hydrogen (secondary N) is 1. The van der Waals surface area contributed by atoms with E-state index in [0.717, 1.165) is 16.5 Å². The van der Waals surface area contributed by atoms with Gasteiger partial charge in [-0.1, -0.05) is 6.08 Å². The summed E-state index contributed by atoms with van der Waals surface area (Å²) in [5.74, 6) is 0.847. The first-order valence-corrected chi connectivity index (χ1v) is 7.39. The number of carbonyl (C=O) groups excluding carboxylic acids is 1. The van der Waals surface area contributed by atoms with Gasteiger partial charge in [-0.25, -0.2) is 0 Å². The third-order valence-corrected chi connectivity index (χ3v) is 3.23. The van der Waals surface area contributed by atoms with Crippen LogP contribution in [0.1, 0.15) is 12.5 Å². The lowest BCUT2D eigenvalue weighted by atomic mass is 10.1. The van der Waals surface area contributed by atoms with Crippen LogP contribution in [-0.2, 0) is 11.2 Å². The Hall–Kier alpha value is -1.53. The van der Waals surface area contributed by atoms with Gasteiger partial charge < -0.3 is 20.5 Å². The fourth-order valence-electron chi connectivity index (χ4n) is 1.78. The van der Waals surface area contributed by atoms with Crippen LogP contribution >= 0.6 is 15.9 Å². The van der Waals surface area contributed by atoms with Crippen molar-refractivity contribution in [1.82, 2.24) is 5.32 Å². The first-order valence-electron chi connectivity index (χ1n) is 6.60. The molecule has 1 aromatic rings. The van der Waals surface area contributed by atoms with Crippen LogP contribution < -0.4 is 20.5 Å². The Balaban J connectivity index is 2.81. The molecule has 1 unspecified atom stereocenters. The number of methoxy groups -OCH3 is 1. The van der Waals surface area contributed by atoms with Gasteiger partial charge in [0.1, 0.15) is 0 Å². The SMILES string of the molecule is C=CCNC(=O)COc1c(Br)cc(CC(C)N)cc1OC. The van der Waals surface area contributed by atoms with Gasteiger partial charge in [0.2, 0.25) is 0 Å². The molecule has 3 N–H and O–H groups in total. The molecule has 0 aromatic heterocycles. The third-order valence-electron chi connectivity index (χ3n) is 2.64. The second kappa shape index (κ2) is 8.69. The second-order valence-electron chi connectivity index (χ2n) is 4.67. The number of nitrogens with two attached hydrogens (primary N) is 1. The first-order chi connectivity index (χ1) is 9.97. The average Bonchev–Trinajstić information content (AvgIpc) is 2.42. The molecule has 0 fully saturated rings. The summed E-state index contributed by atoms with van der Waals surface area (Å²) in [7, 11) is 1.56. The molecular weight excluding hydrogens is 336 g/mol. The van der Waals surface area contributed by atoms with E-state index >= 15 is 0 Å². The number of carbonyl (C=O) groups is 1. The lowest BCUT2D eigenvalue weighted by Gasteiger charge is -2.15. The molecule has 0 aliphatic heterocycles. The van der Waals surface area contributed by atoms with Crippen molar-refractivity contribution in [3.8, 4) is 11.5 Å². The van der Waals surface area contributed by atoms with Gasteiger partial charge in [-0.3, -0.25) is 4.79 Å². The zero-order valence-corrected chi connectivity index (χ0v) is 13.9. The van der Waals surface area contributed by atoms with Crippen molar-refractivity contribution in [2.75, 3.05) is 20.3 Å². The summed E-state index contributed by atoms with van der Waals surface area (Å²) >= 11 is 3.44. The lowest BCUT2D eigenvalue weighted by molar-refractivity contribution is -0.122. The van der Waals surface area contributed by atoms with E-state index in [-0.39, 0.29) is 18.6 Å². The van der Waals surface area contributed by atoms with Crippen molar-refractivity contribution < 1.29 is 14.3 Å². The predicted molar refractivity (Wildman–Crippen MR) is 86.7 cm³/mol. The molecule has 0 aliphatic rings. The van der Waals surface area contributed by atoms with Crippen molar-refractivity contribution in [2.45, 2.75) is 19.4 Å². The van der Waals surface area contributed by atoms with E-state index < -0.39 is 0 Å². The summed E-state index contributed by atoms with van der Waals surface area (Å²) in [4.78, 5) is 11.5. The van der Waals surface area contributed by atoms with Crippen LogP contribution in [0, 0.1) is 0 Å². The van der Waals surface area contributed by atoms with Gasteiger partial charge in [0.15, 0.2) is 18.1 Å². The highest BCUT2D eigenvalue weighted by Gasteiger charge is 2.14. The molecule has 6 heteroatoms. The van der Waals surface area contributed by atoms with Crippen molar-refractivity contribution in [3.05, 3.63) is 34.8 Å². The van der Waals surface area contributed by atoms with Gasteiger partial charge in [0, 0.05) is 12.6 Å². The molecule has 1 aromatic carbocycles. The maximum absolute atomic E-state index is 11.5. The van der Waals surface area contributed by atoms with Crippen LogP contribution in [-0.4, -0.2) is 32.2 Å². The molecule has 1 atom stereocenters. The van der Waals surface area contributed by atoms with Gasteiger partial charge in [-0.05, 0) is 47.0 Å². The molecule has 0 spiro atoms. The van der Waals surface area contributed by atoms with Crippen LogP contribution in [0.2, 0.25) is 0 Å². The average molecular weight is 357 g/mol. The van der Waals surface area contributed by atoms with Gasteiger partial charge in [-0.2, -0.15) is 0 Å². The van der Waals surface area contributed by atoms with E-state index in [1.807, 2.05) is 19.1 Å². The van der Waals surface area contributed by atoms with E-state index in [9.17, 15) is 4.79 Å². The van der Waals surface area contributed by atoms with E-state index in [0.29, 0.717) is 18.0 Å². The monoisotopic (exact) mass is 356 g/mol. The molecule has 116 valence electrons. The van der Waals surface area contributed by atoms with Crippen LogP contribution in [0.15, 0.2) is 29.3 Å². The summed E-state index contributed by atoms with van der Waals surface area (Å²) in [5.41, 5.74) is 6.84. The van der Waals surface area contributed by atoms with Gasteiger partial charge in [0.25, 0.3) is 5.91 Å². The van der Waals surface area contributed by atoms with Crippen molar-refractivity contribution in [3.63, 3.8) is 0 Å². The first kappa shape index (κ1) is 17.5. The van der Waals surface area contributed by atoms with Gasteiger partial charge in [-0.15, -0.1) is 6.58 Å². The summed E-state index contributed by atoms with van der Waals surface area (Å²) < 4.78 is 11.6. The largest absolute Gasteiger partial charge is 0.493 e. The number of benzene rings is 1. The smallest absolute Gasteiger partial charge is 0.258 e. The second-order valence-corrected chi connectivity index (χ2v) is 5.53. The maximum Gasteiger partial charge on any atom is 0.258 e. The van der Waals surface area contributed by atoms with E-state index in [2.05, 4.69) is 27.8 Å². The number of amides is 1. The van der Waals surface area contributed by atoms with Crippen molar-refractivity contribution in [1.29, 1.82) is 0 Å². The Morgan fingerprint density at radius 2 is 2.29 bits per heavy atom. The topological polar surface area (TPSA) is 73.6 Å². The Labute approximate surface area is 133 Å². The molecule has 0 saturated heterocycles. The Morgan fingerprint density at radius 3 is 2.86 bits per heavy atom. The Morgan fingerprint density at radius 1 is 1.57 bits per heavy atom. The molecule has 5 nitrogen and oxygen atoms in total. The van der Waals surface area contributed by atoms with Crippen LogP contribution in [0.4, 0.5) is 0 Å². The molecule has 0 saturated carbocycles. The molecule has 21 heavy (non-hydrogen) atoms. The molecular formula is C15H21BrN2O3. The zero-order chi connectivity index (χ0) is 15.8. The fourth-order valence-corrected chi connectivity index (χ4v) is 2.38. The van der Waals surface area contributed by atoms with E-state index in [1.165, 1.54) is 0 Å². The minimum absolute atomic E-state index is 0.0538. The zero-order valence-electron chi connectivity index (χ0n) is 12.3. The standard InChI is InChI=1S/C15H21BrN2O3/c1-4-5-18-14(19)9-21-15-12(16)7-11(6-10(2)17)8-13(15)20-3/h4,7-8,10H,1,5-6,9,17H2,2-3H3,(H,18,19). The summed E-state index contributed by atoms with van der Waals surface area (Å²) in [6.45, 7) is 5.79. The molecule has 0 heterocycles. The molecule has 1 rings (SSSR count). The third kappa shape index (κ3) is 5.77. The minimum Gasteiger partial charge on any atom is -0.493 e. The fraction of sp³-hybridized carbons (Fsp3) is 0.400. The van der Waals surface area contributed by atoms with Crippen LogP contribution in [0.3, 0.4) is 0 Å². The molecule has 0 radical (unpaired) electrons. The Bertz CT molecular complexity index is 504. The lowest BCUT2D eigenvalue weighted by Crippen LogP contribution is -2.28. The normalized spacial score (nSPS) is 11.6. The van der Waals surface area contributed by atoms with Crippen LogP contribution in [0.5, 0.6) is 11.5 Å². The summed E-state index contributed by atoms with van der Waals surface area (Å²) in [6, 6.07) is 3.84. The highest BCUT2D eigenvalue weighted by atomic mass is 79.9. The molecule has 0 bridgehead atoms. The highest BCUT2D eigenvalue weighted by Crippen LogP contribution is 2.36. The molecule has 1 amide bonds. The number of ether oxygens (including phenoxy) is 2. The highest BCUT2D eigenvalue weighted by molar-refractivity contribution is 9.10.